The minimum absolute atomic E-state index is 0.0831. The number of nitrogens with one attached hydrogen (secondary N) is 1. The van der Waals surface area contributed by atoms with Gasteiger partial charge in [-0.25, -0.2) is 13.2 Å². The maximum Gasteiger partial charge on any atom is 0.573 e. The first-order valence-corrected chi connectivity index (χ1v) is 8.19. The second-order valence-corrected chi connectivity index (χ2v) is 6.09. The molecule has 1 saturated heterocycles. The first-order chi connectivity index (χ1) is 12.7. The molecule has 1 heterocycles. The number of nitrogens with zero attached hydrogens (tertiary/aromatic N) is 1. The van der Waals surface area contributed by atoms with Gasteiger partial charge in [-0.3, -0.25) is 4.90 Å². The summed E-state index contributed by atoms with van der Waals surface area (Å²) in [4.78, 5) is 1.85. The average molecular weight is 390 g/mol. The molecule has 0 aliphatic carbocycles. The Morgan fingerprint density at radius 2 is 1.48 bits per heavy atom. The molecule has 2 aromatic rings. The fourth-order valence-corrected chi connectivity index (χ4v) is 3.13. The number of benzene rings is 2. The fraction of sp³-hybridized carbons (Fsp3) is 0.333. The van der Waals surface area contributed by atoms with Crippen LogP contribution < -0.4 is 10.1 Å². The molecular weight excluding hydrogens is 374 g/mol. The maximum atomic E-state index is 14.4. The second-order valence-electron chi connectivity index (χ2n) is 6.09. The minimum atomic E-state index is -4.83. The molecule has 0 bridgehead atoms. The van der Waals surface area contributed by atoms with E-state index in [1.165, 1.54) is 12.1 Å². The van der Waals surface area contributed by atoms with Crippen molar-refractivity contribution in [2.24, 2.45) is 0 Å². The van der Waals surface area contributed by atoms with E-state index in [1.54, 1.807) is 0 Å². The van der Waals surface area contributed by atoms with Gasteiger partial charge in [0.2, 0.25) is 0 Å². The van der Waals surface area contributed by atoms with Gasteiger partial charge in [-0.05, 0) is 23.8 Å². The summed E-state index contributed by atoms with van der Waals surface area (Å²) in [6.07, 6.45) is -4.83. The first kappa shape index (κ1) is 19.5. The predicted molar refractivity (Wildman–Crippen MR) is 85.7 cm³/mol. The molecule has 146 valence electrons. The van der Waals surface area contributed by atoms with E-state index < -0.39 is 35.6 Å². The van der Waals surface area contributed by atoms with Crippen molar-refractivity contribution in [2.75, 3.05) is 26.2 Å². The van der Waals surface area contributed by atoms with Crippen molar-refractivity contribution in [3.05, 3.63) is 65.0 Å². The summed E-state index contributed by atoms with van der Waals surface area (Å²) in [6.45, 7) is 2.22. The van der Waals surface area contributed by atoms with Crippen molar-refractivity contribution < 1.29 is 31.1 Å². The summed E-state index contributed by atoms with van der Waals surface area (Å²) in [6, 6.07) is 5.41. The number of piperazine rings is 1. The molecule has 27 heavy (non-hydrogen) atoms. The van der Waals surface area contributed by atoms with E-state index in [1.807, 2.05) is 4.90 Å². The SMILES string of the molecule is Fc1cc(F)c([C@H](c2ccc(OC(F)(F)F)cc2)N2CCNCC2)cc1F. The van der Waals surface area contributed by atoms with Crippen molar-refractivity contribution in [1.82, 2.24) is 10.2 Å². The van der Waals surface area contributed by atoms with Crippen LogP contribution in [0.2, 0.25) is 0 Å². The van der Waals surface area contributed by atoms with Crippen LogP contribution in [-0.2, 0) is 0 Å². The van der Waals surface area contributed by atoms with Crippen LogP contribution in [0.25, 0.3) is 0 Å². The van der Waals surface area contributed by atoms with Crippen molar-refractivity contribution in [3.63, 3.8) is 0 Å². The molecule has 0 unspecified atom stereocenters. The summed E-state index contributed by atoms with van der Waals surface area (Å²) in [5.74, 6) is -3.84. The minimum Gasteiger partial charge on any atom is -0.406 e. The normalized spacial score (nSPS) is 17.0. The molecule has 0 aromatic heterocycles. The predicted octanol–water partition coefficient (Wildman–Crippen LogP) is 4.00. The van der Waals surface area contributed by atoms with Gasteiger partial charge in [-0.15, -0.1) is 13.2 Å². The highest BCUT2D eigenvalue weighted by Gasteiger charge is 2.32. The van der Waals surface area contributed by atoms with Gasteiger partial charge in [-0.1, -0.05) is 12.1 Å². The third-order valence-corrected chi connectivity index (χ3v) is 4.28. The number of ether oxygens (including phenoxy) is 1. The maximum absolute atomic E-state index is 14.4. The highest BCUT2D eigenvalue weighted by Crippen LogP contribution is 2.33. The van der Waals surface area contributed by atoms with Crippen molar-refractivity contribution >= 4 is 0 Å². The monoisotopic (exact) mass is 390 g/mol. The van der Waals surface area contributed by atoms with Gasteiger partial charge in [0.15, 0.2) is 11.6 Å². The van der Waals surface area contributed by atoms with Gasteiger partial charge in [0, 0.05) is 37.8 Å². The summed E-state index contributed by atoms with van der Waals surface area (Å²) in [7, 11) is 0. The summed E-state index contributed by atoms with van der Waals surface area (Å²) < 4.78 is 82.3. The lowest BCUT2D eigenvalue weighted by molar-refractivity contribution is -0.274. The highest BCUT2D eigenvalue weighted by molar-refractivity contribution is 5.37. The molecule has 1 fully saturated rings. The number of hydrogen-bond donors (Lipinski definition) is 1. The number of hydrogen-bond acceptors (Lipinski definition) is 3. The van der Waals surface area contributed by atoms with Crippen molar-refractivity contribution in [3.8, 4) is 5.75 Å². The Kier molecular flexibility index (Phi) is 5.61. The Bertz CT molecular complexity index is 788. The van der Waals surface area contributed by atoms with Crippen molar-refractivity contribution in [1.29, 1.82) is 0 Å². The van der Waals surface area contributed by atoms with Crippen LogP contribution in [-0.4, -0.2) is 37.4 Å². The third kappa shape index (κ3) is 4.72. The summed E-state index contributed by atoms with van der Waals surface area (Å²) in [5.41, 5.74) is 0.358. The van der Waals surface area contributed by atoms with Crippen LogP contribution in [0.4, 0.5) is 26.3 Å². The summed E-state index contributed by atoms with van der Waals surface area (Å²) in [5, 5.41) is 3.13. The van der Waals surface area contributed by atoms with Crippen LogP contribution in [0.15, 0.2) is 36.4 Å². The second kappa shape index (κ2) is 7.77. The standard InChI is InChI=1S/C18H16F6N2O/c19-14-10-16(21)15(20)9-13(14)17(26-7-5-25-6-8-26)11-1-3-12(4-2-11)27-18(22,23)24/h1-4,9-10,17,25H,5-8H2/t17-/m0/s1. The zero-order valence-electron chi connectivity index (χ0n) is 14.0. The molecule has 0 spiro atoms. The van der Waals surface area contributed by atoms with Crippen LogP contribution in [0.5, 0.6) is 5.75 Å². The van der Waals surface area contributed by atoms with Crippen LogP contribution in [0, 0.1) is 17.5 Å². The Labute approximate surface area is 151 Å². The van der Waals surface area contributed by atoms with E-state index >= 15 is 0 Å². The molecule has 1 N–H and O–H groups in total. The first-order valence-electron chi connectivity index (χ1n) is 8.19. The lowest BCUT2D eigenvalue weighted by Gasteiger charge is -2.35. The molecule has 1 atom stereocenters. The molecule has 3 nitrogen and oxygen atoms in total. The van der Waals surface area contributed by atoms with Crippen LogP contribution >= 0.6 is 0 Å². The van der Waals surface area contributed by atoms with Crippen LogP contribution in [0.1, 0.15) is 17.2 Å². The topological polar surface area (TPSA) is 24.5 Å². The molecule has 0 radical (unpaired) electrons. The van der Waals surface area contributed by atoms with Gasteiger partial charge >= 0.3 is 6.36 Å². The molecule has 3 rings (SSSR count). The Balaban J connectivity index is 1.99. The lowest BCUT2D eigenvalue weighted by Crippen LogP contribution is -2.45. The van der Waals surface area contributed by atoms with Gasteiger partial charge in [0.25, 0.3) is 0 Å². The third-order valence-electron chi connectivity index (χ3n) is 4.28. The van der Waals surface area contributed by atoms with Gasteiger partial charge in [0.1, 0.15) is 11.6 Å². The van der Waals surface area contributed by atoms with E-state index in [9.17, 15) is 26.3 Å². The van der Waals surface area contributed by atoms with E-state index in [4.69, 9.17) is 0 Å². The molecule has 1 aliphatic heterocycles. The quantitative estimate of drug-likeness (QED) is 0.631. The van der Waals surface area contributed by atoms with E-state index in [2.05, 4.69) is 10.1 Å². The zero-order chi connectivity index (χ0) is 19.6. The molecule has 0 saturated carbocycles. The molecular formula is C18H16F6N2O. The Morgan fingerprint density at radius 1 is 0.889 bits per heavy atom. The highest BCUT2D eigenvalue weighted by atomic mass is 19.4. The van der Waals surface area contributed by atoms with Gasteiger partial charge in [-0.2, -0.15) is 0 Å². The van der Waals surface area contributed by atoms with Crippen molar-refractivity contribution in [2.45, 2.75) is 12.4 Å². The average Bonchev–Trinajstić information content (AvgIpc) is 2.61. The zero-order valence-corrected chi connectivity index (χ0v) is 14.0. The smallest absolute Gasteiger partial charge is 0.406 e. The molecule has 1 aliphatic rings. The number of alkyl halides is 3. The van der Waals surface area contributed by atoms with E-state index in [0.29, 0.717) is 37.8 Å². The summed E-state index contributed by atoms with van der Waals surface area (Å²) >= 11 is 0. The Morgan fingerprint density at radius 3 is 2.07 bits per heavy atom. The van der Waals surface area contributed by atoms with Crippen LogP contribution in [0.3, 0.4) is 0 Å². The largest absolute Gasteiger partial charge is 0.573 e. The molecule has 2 aromatic carbocycles. The lowest BCUT2D eigenvalue weighted by atomic mass is 9.95. The molecule has 9 heteroatoms. The number of rotatable bonds is 4. The Hall–Kier alpha value is -2.26. The number of halogens is 6. The fourth-order valence-electron chi connectivity index (χ4n) is 3.13. The molecule has 0 amide bonds. The van der Waals surface area contributed by atoms with E-state index in [0.717, 1.165) is 18.2 Å². The van der Waals surface area contributed by atoms with Gasteiger partial charge < -0.3 is 10.1 Å². The van der Waals surface area contributed by atoms with E-state index in [-0.39, 0.29) is 5.56 Å². The van der Waals surface area contributed by atoms with Gasteiger partial charge in [0.05, 0.1) is 6.04 Å².